The maximum atomic E-state index is 10.2. The molecule has 3 nitrogen and oxygen atoms in total. The molecule has 0 saturated carbocycles. The average Bonchev–Trinajstić information content (AvgIpc) is 1.65. The summed E-state index contributed by atoms with van der Waals surface area (Å²) in [5.74, 6) is -0.315. The SMILES string of the molecule is CC(C)C(=O)N=[NH2+]. The Morgan fingerprint density at radius 1 is 1.71 bits per heavy atom. The molecule has 7 heavy (non-hydrogen) atoms. The Morgan fingerprint density at radius 2 is 2.14 bits per heavy atom. The number of carbonyl (C=O) groups excluding carboxylic acids is 1. The smallest absolute Gasteiger partial charge is 0.266 e. The Labute approximate surface area is 42.2 Å². The molecule has 0 saturated heterocycles. The Morgan fingerprint density at radius 3 is 2.14 bits per heavy atom. The minimum atomic E-state index is -0.250. The Kier molecular flexibility index (Phi) is 2.19. The van der Waals surface area contributed by atoms with E-state index in [9.17, 15) is 4.79 Å². The number of hydrogen-bond acceptors (Lipinski definition) is 1. The van der Waals surface area contributed by atoms with Crippen molar-refractivity contribution in [2.24, 2.45) is 11.0 Å². The number of hydrogen-bond donors (Lipinski definition) is 1. The molecule has 0 bridgehead atoms. The maximum Gasteiger partial charge on any atom is 0.310 e. The second kappa shape index (κ2) is 2.44. The third kappa shape index (κ3) is 2.03. The predicted molar refractivity (Wildman–Crippen MR) is 24.2 cm³/mol. The van der Waals surface area contributed by atoms with E-state index in [0.29, 0.717) is 0 Å². The van der Waals surface area contributed by atoms with Crippen molar-refractivity contribution in [2.45, 2.75) is 13.8 Å². The summed E-state index contributed by atoms with van der Waals surface area (Å²) < 4.78 is 0. The number of nitrogens with zero attached hydrogens (tertiary/aromatic N) is 1. The second-order valence-electron chi connectivity index (χ2n) is 1.62. The highest BCUT2D eigenvalue weighted by atomic mass is 16.1. The molecule has 0 aromatic rings. The maximum absolute atomic E-state index is 10.2. The first-order valence-corrected chi connectivity index (χ1v) is 2.13. The van der Waals surface area contributed by atoms with Crippen LogP contribution in [0.4, 0.5) is 0 Å². The minimum absolute atomic E-state index is 0.0648. The third-order valence-electron chi connectivity index (χ3n) is 0.621. The second-order valence-corrected chi connectivity index (χ2v) is 1.62. The molecule has 40 valence electrons. The van der Waals surface area contributed by atoms with Gasteiger partial charge in [0.1, 0.15) is 0 Å². The minimum Gasteiger partial charge on any atom is -0.266 e. The van der Waals surface area contributed by atoms with Gasteiger partial charge in [-0.1, -0.05) is 13.8 Å². The van der Waals surface area contributed by atoms with E-state index >= 15 is 0 Å². The molecular formula is C4H9N2O+. The van der Waals surface area contributed by atoms with Crippen molar-refractivity contribution < 1.29 is 10.3 Å². The fourth-order valence-corrected chi connectivity index (χ4v) is 0.149. The summed E-state index contributed by atoms with van der Waals surface area (Å²) in [6.07, 6.45) is 0. The summed E-state index contributed by atoms with van der Waals surface area (Å²) in [7, 11) is 0. The molecule has 0 radical (unpaired) electrons. The molecule has 0 spiro atoms. The largest absolute Gasteiger partial charge is 0.310 e. The lowest BCUT2D eigenvalue weighted by Gasteiger charge is -1.87. The van der Waals surface area contributed by atoms with E-state index in [1.54, 1.807) is 13.8 Å². The van der Waals surface area contributed by atoms with Crippen LogP contribution in [0.25, 0.3) is 0 Å². The lowest BCUT2D eigenvalue weighted by Crippen LogP contribution is -2.28. The lowest BCUT2D eigenvalue weighted by atomic mass is 10.2. The molecule has 0 aliphatic rings. The highest BCUT2D eigenvalue weighted by Crippen LogP contribution is 1.90. The van der Waals surface area contributed by atoms with E-state index in [1.807, 2.05) is 0 Å². The van der Waals surface area contributed by atoms with E-state index < -0.39 is 0 Å². The van der Waals surface area contributed by atoms with Gasteiger partial charge < -0.3 is 0 Å². The topological polar surface area (TPSA) is 55.0 Å². The van der Waals surface area contributed by atoms with Gasteiger partial charge in [-0.3, -0.25) is 4.79 Å². The van der Waals surface area contributed by atoms with Crippen LogP contribution in [-0.4, -0.2) is 5.91 Å². The van der Waals surface area contributed by atoms with Crippen LogP contribution in [0.15, 0.2) is 5.11 Å². The quantitative estimate of drug-likeness (QED) is 0.440. The van der Waals surface area contributed by atoms with Crippen molar-refractivity contribution in [3.63, 3.8) is 0 Å². The molecule has 0 unspecified atom stereocenters. The van der Waals surface area contributed by atoms with Gasteiger partial charge in [0.15, 0.2) is 0 Å². The summed E-state index contributed by atoms with van der Waals surface area (Å²) in [6, 6.07) is 0. The summed E-state index contributed by atoms with van der Waals surface area (Å²) in [4.78, 5) is 10.2. The van der Waals surface area contributed by atoms with E-state index in [0.717, 1.165) is 0 Å². The number of carbonyl (C=O) groups is 1. The van der Waals surface area contributed by atoms with Gasteiger partial charge in [0.05, 0.1) is 0 Å². The first-order chi connectivity index (χ1) is 3.18. The van der Waals surface area contributed by atoms with Crippen molar-refractivity contribution in [3.05, 3.63) is 0 Å². The molecule has 0 aromatic carbocycles. The van der Waals surface area contributed by atoms with Crippen molar-refractivity contribution in [2.75, 3.05) is 0 Å². The third-order valence-corrected chi connectivity index (χ3v) is 0.621. The van der Waals surface area contributed by atoms with Crippen molar-refractivity contribution in [1.29, 1.82) is 0 Å². The molecule has 0 fully saturated rings. The highest BCUT2D eigenvalue weighted by molar-refractivity contribution is 5.77. The van der Waals surface area contributed by atoms with Crippen LogP contribution in [-0.2, 0) is 4.79 Å². The molecule has 0 rings (SSSR count). The summed E-state index contributed by atoms with van der Waals surface area (Å²) >= 11 is 0. The zero-order chi connectivity index (χ0) is 5.86. The number of rotatable bonds is 1. The first-order valence-electron chi connectivity index (χ1n) is 2.13. The normalized spacial score (nSPS) is 9.00. The van der Waals surface area contributed by atoms with Crippen LogP contribution >= 0.6 is 0 Å². The first kappa shape index (κ1) is 6.27. The van der Waals surface area contributed by atoms with Crippen LogP contribution < -0.4 is 5.53 Å². The molecule has 3 heteroatoms. The predicted octanol–water partition coefficient (Wildman–Crippen LogP) is -0.620. The van der Waals surface area contributed by atoms with Gasteiger partial charge in [-0.05, 0) is 0 Å². The summed E-state index contributed by atoms with van der Waals surface area (Å²) in [5, 5.41) is 2.95. The zero-order valence-electron chi connectivity index (χ0n) is 4.51. The van der Waals surface area contributed by atoms with E-state index in [1.165, 1.54) is 0 Å². The van der Waals surface area contributed by atoms with Gasteiger partial charge in [-0.25, -0.2) is 0 Å². The number of amides is 1. The molecule has 0 atom stereocenters. The Bertz CT molecular complexity index is 87.7. The molecule has 2 N–H and O–H groups in total. The van der Waals surface area contributed by atoms with Crippen molar-refractivity contribution in [1.82, 2.24) is 0 Å². The zero-order valence-corrected chi connectivity index (χ0v) is 4.51. The summed E-state index contributed by atoms with van der Waals surface area (Å²) in [5.41, 5.74) is 4.65. The molecule has 0 aliphatic heterocycles. The van der Waals surface area contributed by atoms with Crippen LogP contribution in [0, 0.1) is 5.92 Å². The van der Waals surface area contributed by atoms with E-state index in [2.05, 4.69) is 10.6 Å². The Hall–Kier alpha value is -0.730. The summed E-state index contributed by atoms with van der Waals surface area (Å²) in [6.45, 7) is 3.50. The van der Waals surface area contributed by atoms with Gasteiger partial charge in [0, 0.05) is 11.0 Å². The van der Waals surface area contributed by atoms with Crippen LogP contribution in [0.5, 0.6) is 0 Å². The van der Waals surface area contributed by atoms with Gasteiger partial charge in [-0.2, -0.15) is 0 Å². The van der Waals surface area contributed by atoms with Gasteiger partial charge in [0.2, 0.25) is 0 Å². The standard InChI is InChI=1S/C4H8N2O/c1-3(2)4(7)6-5/h3,5H,1-2H3/p+1. The molecular weight excluding hydrogens is 92.1 g/mol. The van der Waals surface area contributed by atoms with Crippen LogP contribution in [0.1, 0.15) is 13.8 Å². The highest BCUT2D eigenvalue weighted by Gasteiger charge is 2.04. The fourth-order valence-electron chi connectivity index (χ4n) is 0.149. The lowest BCUT2D eigenvalue weighted by molar-refractivity contribution is -0.223. The van der Waals surface area contributed by atoms with Crippen LogP contribution in [0.3, 0.4) is 0 Å². The van der Waals surface area contributed by atoms with Gasteiger partial charge in [-0.15, -0.1) is 5.53 Å². The molecule has 0 aromatic heterocycles. The van der Waals surface area contributed by atoms with Gasteiger partial charge >= 0.3 is 5.91 Å². The Balaban J connectivity index is 3.56. The van der Waals surface area contributed by atoms with E-state index in [4.69, 9.17) is 0 Å². The van der Waals surface area contributed by atoms with Crippen molar-refractivity contribution >= 4 is 5.91 Å². The fraction of sp³-hybridized carbons (Fsp3) is 0.750. The van der Waals surface area contributed by atoms with Crippen LogP contribution in [0.2, 0.25) is 0 Å². The molecule has 0 aliphatic carbocycles. The van der Waals surface area contributed by atoms with Crippen molar-refractivity contribution in [3.8, 4) is 0 Å². The average molecular weight is 101 g/mol. The molecule has 1 amide bonds. The monoisotopic (exact) mass is 101 g/mol. The number of nitrogens with two attached hydrogens (primary N) is 1. The molecule has 0 heterocycles. The van der Waals surface area contributed by atoms with E-state index in [-0.39, 0.29) is 11.8 Å². The van der Waals surface area contributed by atoms with Gasteiger partial charge in [0.25, 0.3) is 0 Å².